The molecule has 0 aliphatic carbocycles. The number of alkyl halides is 3. The van der Waals surface area contributed by atoms with Gasteiger partial charge >= 0.3 is 12.3 Å². The Balaban J connectivity index is 2.57. The summed E-state index contributed by atoms with van der Waals surface area (Å²) >= 11 is 11.7. The summed E-state index contributed by atoms with van der Waals surface area (Å²) in [6.45, 7) is 0. The summed E-state index contributed by atoms with van der Waals surface area (Å²) in [7, 11) is 0. The molecule has 0 aliphatic heterocycles. The fraction of sp³-hybridized carbons (Fsp3) is 0.0714. The SMILES string of the molecule is O=C(O)c1cc(OC(F)(F)F)cc(-c2cc(Cl)cc(Cl)c2)c1. The van der Waals surface area contributed by atoms with Gasteiger partial charge in [0.2, 0.25) is 0 Å². The molecule has 0 radical (unpaired) electrons. The minimum atomic E-state index is -4.93. The van der Waals surface area contributed by atoms with Crippen LogP contribution in [-0.2, 0) is 0 Å². The summed E-state index contributed by atoms with van der Waals surface area (Å²) in [6.07, 6.45) is -4.93. The van der Waals surface area contributed by atoms with Gasteiger partial charge in [-0.05, 0) is 47.5 Å². The molecule has 0 amide bonds. The molecule has 2 aromatic rings. The van der Waals surface area contributed by atoms with E-state index in [9.17, 15) is 18.0 Å². The largest absolute Gasteiger partial charge is 0.573 e. The van der Waals surface area contributed by atoms with Gasteiger partial charge in [-0.2, -0.15) is 0 Å². The maximum absolute atomic E-state index is 12.3. The normalized spacial score (nSPS) is 11.3. The lowest BCUT2D eigenvalue weighted by molar-refractivity contribution is -0.274. The zero-order chi connectivity index (χ0) is 16.5. The van der Waals surface area contributed by atoms with Crippen molar-refractivity contribution in [1.82, 2.24) is 0 Å². The van der Waals surface area contributed by atoms with Crippen LogP contribution in [0.25, 0.3) is 11.1 Å². The number of carbonyl (C=O) groups is 1. The van der Waals surface area contributed by atoms with Crippen molar-refractivity contribution in [2.24, 2.45) is 0 Å². The average molecular weight is 351 g/mol. The van der Waals surface area contributed by atoms with E-state index in [0.29, 0.717) is 5.56 Å². The maximum Gasteiger partial charge on any atom is 0.573 e. The van der Waals surface area contributed by atoms with E-state index in [1.165, 1.54) is 24.3 Å². The number of aromatic carboxylic acids is 1. The molecule has 0 spiro atoms. The van der Waals surface area contributed by atoms with Crippen LogP contribution in [0.2, 0.25) is 10.0 Å². The average Bonchev–Trinajstić information content (AvgIpc) is 2.35. The fourth-order valence-corrected chi connectivity index (χ4v) is 2.33. The molecule has 116 valence electrons. The Labute approximate surface area is 132 Å². The first kappa shape index (κ1) is 16.5. The third kappa shape index (κ3) is 4.29. The summed E-state index contributed by atoms with van der Waals surface area (Å²) in [5, 5.41) is 9.53. The van der Waals surface area contributed by atoms with Crippen molar-refractivity contribution in [1.29, 1.82) is 0 Å². The number of halogens is 5. The molecular weight excluding hydrogens is 344 g/mol. The van der Waals surface area contributed by atoms with Gasteiger partial charge in [0.1, 0.15) is 5.75 Å². The lowest BCUT2D eigenvalue weighted by atomic mass is 10.0. The number of ether oxygens (including phenoxy) is 1. The number of hydrogen-bond donors (Lipinski definition) is 1. The molecule has 0 unspecified atom stereocenters. The molecule has 0 aliphatic rings. The van der Waals surface area contributed by atoms with E-state index in [4.69, 9.17) is 28.3 Å². The molecule has 0 aromatic heterocycles. The molecule has 0 fully saturated rings. The number of hydrogen-bond acceptors (Lipinski definition) is 2. The van der Waals surface area contributed by atoms with Gasteiger partial charge in [0.05, 0.1) is 5.56 Å². The second kappa shape index (κ2) is 6.06. The molecular formula is C14H7Cl2F3O3. The first-order valence-electron chi connectivity index (χ1n) is 5.74. The Hall–Kier alpha value is -1.92. The highest BCUT2D eigenvalue weighted by Crippen LogP contribution is 2.32. The molecule has 0 saturated carbocycles. The van der Waals surface area contributed by atoms with Gasteiger partial charge in [-0.15, -0.1) is 13.2 Å². The number of rotatable bonds is 3. The summed E-state index contributed by atoms with van der Waals surface area (Å²) in [5.74, 6) is -2.03. The van der Waals surface area contributed by atoms with E-state index in [1.807, 2.05) is 0 Å². The summed E-state index contributed by atoms with van der Waals surface area (Å²) in [6, 6.07) is 7.39. The topological polar surface area (TPSA) is 46.5 Å². The van der Waals surface area contributed by atoms with E-state index in [1.54, 1.807) is 0 Å². The Morgan fingerprint density at radius 1 is 0.955 bits per heavy atom. The van der Waals surface area contributed by atoms with E-state index in [0.717, 1.165) is 12.1 Å². The van der Waals surface area contributed by atoms with Crippen molar-refractivity contribution in [2.45, 2.75) is 6.36 Å². The molecule has 3 nitrogen and oxygen atoms in total. The molecule has 8 heteroatoms. The molecule has 2 aromatic carbocycles. The van der Waals surface area contributed by atoms with Gasteiger partial charge in [-0.1, -0.05) is 23.2 Å². The van der Waals surface area contributed by atoms with Crippen LogP contribution < -0.4 is 4.74 Å². The van der Waals surface area contributed by atoms with Crippen LogP contribution in [0.3, 0.4) is 0 Å². The molecule has 1 N–H and O–H groups in total. The maximum atomic E-state index is 12.3. The highest BCUT2D eigenvalue weighted by Gasteiger charge is 2.31. The van der Waals surface area contributed by atoms with Crippen molar-refractivity contribution < 1.29 is 27.8 Å². The van der Waals surface area contributed by atoms with Crippen LogP contribution in [0, 0.1) is 0 Å². The van der Waals surface area contributed by atoms with Crippen molar-refractivity contribution >= 4 is 29.2 Å². The fourth-order valence-electron chi connectivity index (χ4n) is 1.80. The highest BCUT2D eigenvalue weighted by molar-refractivity contribution is 6.35. The van der Waals surface area contributed by atoms with E-state index < -0.39 is 18.1 Å². The van der Waals surface area contributed by atoms with Crippen molar-refractivity contribution in [3.8, 4) is 16.9 Å². The molecule has 22 heavy (non-hydrogen) atoms. The van der Waals surface area contributed by atoms with Gasteiger partial charge in [0.25, 0.3) is 0 Å². The Morgan fingerprint density at radius 2 is 1.50 bits per heavy atom. The first-order valence-corrected chi connectivity index (χ1v) is 6.50. The Morgan fingerprint density at radius 3 is 2.00 bits per heavy atom. The van der Waals surface area contributed by atoms with E-state index in [2.05, 4.69) is 4.74 Å². The van der Waals surface area contributed by atoms with Gasteiger partial charge in [0.15, 0.2) is 0 Å². The quantitative estimate of drug-likeness (QED) is 0.821. The Bertz CT molecular complexity index is 710. The standard InChI is InChI=1S/C14H7Cl2F3O3/c15-10-2-8(3-11(16)6-10)7-1-9(13(20)21)5-12(4-7)22-14(17,18)19/h1-6H,(H,20,21). The monoisotopic (exact) mass is 350 g/mol. The lowest BCUT2D eigenvalue weighted by Crippen LogP contribution is -2.17. The van der Waals surface area contributed by atoms with Crippen LogP contribution in [0.5, 0.6) is 5.75 Å². The summed E-state index contributed by atoms with van der Waals surface area (Å²) in [4.78, 5) is 11.0. The van der Waals surface area contributed by atoms with Crippen LogP contribution in [0.4, 0.5) is 13.2 Å². The second-order valence-corrected chi connectivity index (χ2v) is 5.13. The van der Waals surface area contributed by atoms with Gasteiger partial charge < -0.3 is 9.84 Å². The van der Waals surface area contributed by atoms with Gasteiger partial charge in [-0.25, -0.2) is 4.79 Å². The van der Waals surface area contributed by atoms with E-state index in [-0.39, 0.29) is 21.2 Å². The number of carboxylic acid groups (broad SMARTS) is 1. The number of carboxylic acids is 1. The molecule has 0 bridgehead atoms. The highest BCUT2D eigenvalue weighted by atomic mass is 35.5. The Kier molecular flexibility index (Phi) is 4.53. The van der Waals surface area contributed by atoms with Crippen molar-refractivity contribution in [2.75, 3.05) is 0 Å². The van der Waals surface area contributed by atoms with Crippen LogP contribution in [0.15, 0.2) is 36.4 Å². The zero-order valence-corrected chi connectivity index (χ0v) is 12.1. The van der Waals surface area contributed by atoms with Crippen molar-refractivity contribution in [3.05, 3.63) is 52.0 Å². The van der Waals surface area contributed by atoms with Crippen LogP contribution in [-0.4, -0.2) is 17.4 Å². The van der Waals surface area contributed by atoms with E-state index >= 15 is 0 Å². The molecule has 2 rings (SSSR count). The smallest absolute Gasteiger partial charge is 0.478 e. The third-order valence-electron chi connectivity index (χ3n) is 2.58. The summed E-state index contributed by atoms with van der Waals surface area (Å²) < 4.78 is 40.8. The number of benzene rings is 2. The lowest BCUT2D eigenvalue weighted by Gasteiger charge is -2.12. The zero-order valence-electron chi connectivity index (χ0n) is 10.6. The first-order chi connectivity index (χ1) is 10.1. The minimum absolute atomic E-state index is 0.184. The summed E-state index contributed by atoms with van der Waals surface area (Å²) in [5.41, 5.74) is 0.198. The molecule has 0 saturated heterocycles. The van der Waals surface area contributed by atoms with Crippen LogP contribution >= 0.6 is 23.2 Å². The van der Waals surface area contributed by atoms with Gasteiger partial charge in [-0.3, -0.25) is 0 Å². The third-order valence-corrected chi connectivity index (χ3v) is 3.02. The predicted molar refractivity (Wildman–Crippen MR) is 75.5 cm³/mol. The predicted octanol–water partition coefficient (Wildman–Crippen LogP) is 5.26. The minimum Gasteiger partial charge on any atom is -0.478 e. The molecule has 0 atom stereocenters. The van der Waals surface area contributed by atoms with Crippen LogP contribution in [0.1, 0.15) is 10.4 Å². The second-order valence-electron chi connectivity index (χ2n) is 4.26. The molecule has 0 heterocycles. The van der Waals surface area contributed by atoms with Gasteiger partial charge in [0, 0.05) is 10.0 Å². The van der Waals surface area contributed by atoms with Crippen molar-refractivity contribution in [3.63, 3.8) is 0 Å².